The van der Waals surface area contributed by atoms with Crippen molar-refractivity contribution in [3.8, 4) is 0 Å². The number of sulfonamides is 1. The molecular formula is C14H14N2O4S2. The molecule has 1 amide bonds. The number of benzene rings is 1. The van der Waals surface area contributed by atoms with Crippen LogP contribution in [-0.4, -0.2) is 34.1 Å². The summed E-state index contributed by atoms with van der Waals surface area (Å²) in [4.78, 5) is 13.4. The molecule has 0 bridgehead atoms. The van der Waals surface area contributed by atoms with Gasteiger partial charge in [0.05, 0.1) is 6.61 Å². The minimum absolute atomic E-state index is 0.0761. The number of hydrogen-bond acceptors (Lipinski definition) is 5. The summed E-state index contributed by atoms with van der Waals surface area (Å²) in [7, 11) is -3.55. The van der Waals surface area contributed by atoms with Gasteiger partial charge in [0.25, 0.3) is 15.9 Å². The summed E-state index contributed by atoms with van der Waals surface area (Å²) in [5.41, 5.74) is 1.19. The molecule has 22 heavy (non-hydrogen) atoms. The number of nitrogens with one attached hydrogen (secondary N) is 1. The van der Waals surface area contributed by atoms with Crippen LogP contribution in [0.2, 0.25) is 0 Å². The largest absolute Gasteiger partial charge is 0.370 e. The minimum atomic E-state index is -3.55. The summed E-state index contributed by atoms with van der Waals surface area (Å²) >= 11 is 1.16. The van der Waals surface area contributed by atoms with Gasteiger partial charge in [-0.25, -0.2) is 8.42 Å². The van der Waals surface area contributed by atoms with Gasteiger partial charge in [-0.3, -0.25) is 9.52 Å². The zero-order valence-corrected chi connectivity index (χ0v) is 13.2. The molecule has 1 saturated heterocycles. The van der Waals surface area contributed by atoms with Gasteiger partial charge in [0.15, 0.2) is 0 Å². The number of amides is 1. The molecule has 8 heteroatoms. The van der Waals surface area contributed by atoms with Crippen molar-refractivity contribution in [1.82, 2.24) is 0 Å². The summed E-state index contributed by atoms with van der Waals surface area (Å²) in [5.74, 6) is -0.0989. The van der Waals surface area contributed by atoms with Crippen LogP contribution in [0.5, 0.6) is 0 Å². The Morgan fingerprint density at radius 2 is 1.95 bits per heavy atom. The van der Waals surface area contributed by atoms with Crippen molar-refractivity contribution in [2.45, 2.75) is 4.21 Å². The van der Waals surface area contributed by atoms with Crippen molar-refractivity contribution >= 4 is 38.6 Å². The van der Waals surface area contributed by atoms with Gasteiger partial charge in [0, 0.05) is 17.9 Å². The first-order valence-corrected chi connectivity index (χ1v) is 8.97. The number of hydrogen-bond donors (Lipinski definition) is 1. The van der Waals surface area contributed by atoms with E-state index in [1.54, 1.807) is 46.7 Å². The fourth-order valence-electron chi connectivity index (χ4n) is 2.12. The topological polar surface area (TPSA) is 75.7 Å². The number of thiophene rings is 1. The molecule has 0 radical (unpaired) electrons. The van der Waals surface area contributed by atoms with Crippen molar-refractivity contribution in [3.05, 3.63) is 41.8 Å². The molecule has 1 aliphatic heterocycles. The van der Waals surface area contributed by atoms with Crippen LogP contribution in [0.1, 0.15) is 0 Å². The third-order valence-corrected chi connectivity index (χ3v) is 5.96. The zero-order valence-electron chi connectivity index (χ0n) is 11.6. The first-order chi connectivity index (χ1) is 10.6. The lowest BCUT2D eigenvalue weighted by atomic mass is 10.2. The third-order valence-electron chi connectivity index (χ3n) is 3.18. The average Bonchev–Trinajstić information content (AvgIpc) is 3.04. The molecule has 1 aromatic carbocycles. The Balaban J connectivity index is 1.76. The van der Waals surface area contributed by atoms with Gasteiger partial charge >= 0.3 is 0 Å². The lowest BCUT2D eigenvalue weighted by Gasteiger charge is -2.26. The van der Waals surface area contributed by atoms with E-state index < -0.39 is 10.0 Å². The van der Waals surface area contributed by atoms with Crippen molar-refractivity contribution in [2.24, 2.45) is 0 Å². The number of carbonyl (C=O) groups is 1. The highest BCUT2D eigenvalue weighted by Crippen LogP contribution is 2.23. The van der Waals surface area contributed by atoms with Crippen molar-refractivity contribution in [1.29, 1.82) is 0 Å². The lowest BCUT2D eigenvalue weighted by molar-refractivity contribution is -0.125. The highest BCUT2D eigenvalue weighted by Gasteiger charge is 2.20. The van der Waals surface area contributed by atoms with Crippen LogP contribution in [0.4, 0.5) is 11.4 Å². The average molecular weight is 338 g/mol. The second kappa shape index (κ2) is 6.07. The van der Waals surface area contributed by atoms with Gasteiger partial charge < -0.3 is 9.64 Å². The maximum atomic E-state index is 12.1. The Bertz CT molecular complexity index is 755. The number of morpholine rings is 1. The summed E-state index contributed by atoms with van der Waals surface area (Å²) in [5, 5.41) is 1.71. The first-order valence-electron chi connectivity index (χ1n) is 6.61. The van der Waals surface area contributed by atoms with E-state index in [9.17, 15) is 13.2 Å². The Kier molecular flexibility index (Phi) is 4.14. The maximum Gasteiger partial charge on any atom is 0.271 e. The summed E-state index contributed by atoms with van der Waals surface area (Å²) in [6, 6.07) is 9.96. The van der Waals surface area contributed by atoms with Crippen molar-refractivity contribution in [3.63, 3.8) is 0 Å². The maximum absolute atomic E-state index is 12.1. The Labute approximate surface area is 132 Å². The second-order valence-corrected chi connectivity index (χ2v) is 7.54. The number of anilines is 2. The third kappa shape index (κ3) is 3.13. The van der Waals surface area contributed by atoms with Crippen LogP contribution >= 0.6 is 11.3 Å². The van der Waals surface area contributed by atoms with E-state index in [1.807, 2.05) is 0 Å². The standard InChI is InChI=1S/C14H14N2O4S2/c17-13-10-20-8-7-16(13)12-5-3-11(4-6-12)15-22(18,19)14-2-1-9-21-14/h1-6,9,15H,7-8,10H2. The highest BCUT2D eigenvalue weighted by molar-refractivity contribution is 7.94. The molecule has 1 aromatic heterocycles. The minimum Gasteiger partial charge on any atom is -0.370 e. The first kappa shape index (κ1) is 15.0. The molecular weight excluding hydrogens is 324 g/mol. The molecule has 2 heterocycles. The van der Waals surface area contributed by atoms with E-state index in [4.69, 9.17) is 4.74 Å². The molecule has 116 valence electrons. The SMILES string of the molecule is O=C1COCCN1c1ccc(NS(=O)(=O)c2cccs2)cc1. The van der Waals surface area contributed by atoms with Gasteiger partial charge in [-0.2, -0.15) is 0 Å². The predicted molar refractivity (Wildman–Crippen MR) is 84.7 cm³/mol. The molecule has 1 aliphatic rings. The van der Waals surface area contributed by atoms with Gasteiger partial charge in [-0.05, 0) is 35.7 Å². The normalized spacial score (nSPS) is 15.8. The van der Waals surface area contributed by atoms with Crippen LogP contribution < -0.4 is 9.62 Å². The van der Waals surface area contributed by atoms with Crippen LogP contribution in [0.3, 0.4) is 0 Å². The second-order valence-electron chi connectivity index (χ2n) is 4.68. The quantitative estimate of drug-likeness (QED) is 0.924. The van der Waals surface area contributed by atoms with E-state index in [0.29, 0.717) is 18.8 Å². The van der Waals surface area contributed by atoms with Gasteiger partial charge in [0.2, 0.25) is 0 Å². The lowest BCUT2D eigenvalue weighted by Crippen LogP contribution is -2.41. The summed E-state index contributed by atoms with van der Waals surface area (Å²) < 4.78 is 32.1. The molecule has 0 unspecified atom stereocenters. The molecule has 0 atom stereocenters. The molecule has 1 fully saturated rings. The number of ether oxygens (including phenoxy) is 1. The monoisotopic (exact) mass is 338 g/mol. The summed E-state index contributed by atoms with van der Waals surface area (Å²) in [6.07, 6.45) is 0. The number of nitrogens with zero attached hydrogens (tertiary/aromatic N) is 1. The smallest absolute Gasteiger partial charge is 0.271 e. The van der Waals surface area contributed by atoms with Crippen molar-refractivity contribution < 1.29 is 17.9 Å². The fourth-order valence-corrected chi connectivity index (χ4v) is 4.17. The van der Waals surface area contributed by atoms with Crippen LogP contribution in [0, 0.1) is 0 Å². The predicted octanol–water partition coefficient (Wildman–Crippen LogP) is 1.91. The Morgan fingerprint density at radius 3 is 2.59 bits per heavy atom. The molecule has 3 rings (SSSR count). The van der Waals surface area contributed by atoms with E-state index in [2.05, 4.69) is 4.72 Å². The molecule has 1 N–H and O–H groups in total. The highest BCUT2D eigenvalue weighted by atomic mass is 32.2. The number of carbonyl (C=O) groups excluding carboxylic acids is 1. The fraction of sp³-hybridized carbons (Fsp3) is 0.214. The molecule has 0 saturated carbocycles. The summed E-state index contributed by atoms with van der Waals surface area (Å²) in [6.45, 7) is 1.07. The van der Waals surface area contributed by atoms with E-state index in [0.717, 1.165) is 17.0 Å². The molecule has 0 spiro atoms. The molecule has 6 nitrogen and oxygen atoms in total. The van der Waals surface area contributed by atoms with E-state index in [1.165, 1.54) is 0 Å². The van der Waals surface area contributed by atoms with E-state index in [-0.39, 0.29) is 16.7 Å². The molecule has 0 aliphatic carbocycles. The van der Waals surface area contributed by atoms with Gasteiger partial charge in [-0.1, -0.05) is 6.07 Å². The van der Waals surface area contributed by atoms with Gasteiger partial charge in [-0.15, -0.1) is 11.3 Å². The zero-order chi connectivity index (χ0) is 15.6. The van der Waals surface area contributed by atoms with E-state index >= 15 is 0 Å². The van der Waals surface area contributed by atoms with Crippen molar-refractivity contribution in [2.75, 3.05) is 29.4 Å². The Hall–Kier alpha value is -1.90. The van der Waals surface area contributed by atoms with Crippen LogP contribution in [0.15, 0.2) is 46.0 Å². The Morgan fingerprint density at radius 1 is 1.18 bits per heavy atom. The van der Waals surface area contributed by atoms with Crippen LogP contribution in [0.25, 0.3) is 0 Å². The van der Waals surface area contributed by atoms with Gasteiger partial charge in [0.1, 0.15) is 10.8 Å². The van der Waals surface area contributed by atoms with Crippen LogP contribution in [-0.2, 0) is 19.6 Å². The number of rotatable bonds is 4. The molecule has 2 aromatic rings.